The van der Waals surface area contributed by atoms with Gasteiger partial charge in [-0.3, -0.25) is 0 Å². The topological polar surface area (TPSA) is 44.8 Å². The van der Waals surface area contributed by atoms with Gasteiger partial charge in [0.1, 0.15) is 0 Å². The van der Waals surface area contributed by atoms with E-state index in [0.29, 0.717) is 11.2 Å². The second-order valence-corrected chi connectivity index (χ2v) is 5.04. The highest BCUT2D eigenvalue weighted by atomic mass is 32.1. The monoisotopic (exact) mass is 253 g/mol. The Morgan fingerprint density at radius 1 is 1.11 bits per heavy atom. The van der Waals surface area contributed by atoms with Crippen molar-refractivity contribution in [1.82, 2.24) is 0 Å². The molecule has 3 rings (SSSR count). The van der Waals surface area contributed by atoms with Gasteiger partial charge in [-0.25, -0.2) is 4.85 Å². The summed E-state index contributed by atoms with van der Waals surface area (Å²) < 4.78 is 1.91. The minimum Gasteiger partial charge on any atom is -0.423 e. The van der Waals surface area contributed by atoms with Crippen molar-refractivity contribution in [2.24, 2.45) is 0 Å². The molecule has 0 fully saturated rings. The molecule has 5 heteroatoms. The van der Waals surface area contributed by atoms with Gasteiger partial charge in [0.05, 0.1) is 6.57 Å². The van der Waals surface area contributed by atoms with Gasteiger partial charge in [0.25, 0.3) is 0 Å². The van der Waals surface area contributed by atoms with E-state index in [0.717, 1.165) is 20.2 Å². The Morgan fingerprint density at radius 2 is 1.94 bits per heavy atom. The lowest BCUT2D eigenvalue weighted by atomic mass is 9.80. The Hall–Kier alpha value is -1.87. The van der Waals surface area contributed by atoms with Crippen LogP contribution in [0.5, 0.6) is 0 Å². The van der Waals surface area contributed by atoms with Crippen molar-refractivity contribution in [2.45, 2.75) is 0 Å². The molecule has 0 bridgehead atoms. The number of nitrogens with zero attached hydrogens (tertiary/aromatic N) is 1. The van der Waals surface area contributed by atoms with Gasteiger partial charge in [-0.15, -0.1) is 11.3 Å². The maximum absolute atomic E-state index is 9.36. The van der Waals surface area contributed by atoms with E-state index >= 15 is 0 Å². The molecule has 0 spiro atoms. The van der Waals surface area contributed by atoms with E-state index in [1.54, 1.807) is 18.2 Å². The van der Waals surface area contributed by atoms with Crippen LogP contribution in [0.2, 0.25) is 0 Å². The smallest absolute Gasteiger partial charge is 0.423 e. The fraction of sp³-hybridized carbons (Fsp3) is 0. The quantitative estimate of drug-likeness (QED) is 0.516. The lowest BCUT2D eigenvalue weighted by Gasteiger charge is -2.00. The van der Waals surface area contributed by atoms with Crippen LogP contribution in [0.15, 0.2) is 36.4 Å². The lowest BCUT2D eigenvalue weighted by Crippen LogP contribution is -2.29. The highest BCUT2D eigenvalue weighted by Gasteiger charge is 2.17. The van der Waals surface area contributed by atoms with Gasteiger partial charge in [0.2, 0.25) is 0 Å². The van der Waals surface area contributed by atoms with Crippen molar-refractivity contribution in [3.63, 3.8) is 0 Å². The maximum atomic E-state index is 9.36. The molecule has 1 heterocycles. The minimum atomic E-state index is -1.47. The molecule has 86 valence electrons. The summed E-state index contributed by atoms with van der Waals surface area (Å²) in [6, 6.07) is 11.0. The van der Waals surface area contributed by atoms with E-state index in [1.165, 1.54) is 11.3 Å². The predicted octanol–water partition coefficient (Wildman–Crippen LogP) is 2.29. The molecule has 0 saturated carbocycles. The average Bonchev–Trinajstić information content (AvgIpc) is 2.75. The molecule has 0 aliphatic rings. The first kappa shape index (κ1) is 11.2. The second-order valence-electron chi connectivity index (χ2n) is 3.99. The molecular weight excluding hydrogens is 245 g/mol. The molecule has 0 unspecified atom stereocenters. The summed E-state index contributed by atoms with van der Waals surface area (Å²) in [6.07, 6.45) is 0. The highest BCUT2D eigenvalue weighted by Crippen LogP contribution is 2.35. The van der Waals surface area contributed by atoms with Gasteiger partial charge < -0.3 is 10.0 Å². The zero-order valence-corrected chi connectivity index (χ0v) is 10.1. The number of hydrogen-bond acceptors (Lipinski definition) is 3. The zero-order chi connectivity index (χ0) is 12.7. The molecule has 0 aliphatic heterocycles. The Balaban J connectivity index is 2.45. The fourth-order valence-electron chi connectivity index (χ4n) is 2.08. The van der Waals surface area contributed by atoms with Crippen LogP contribution in [0, 0.1) is 6.57 Å². The molecule has 0 amide bonds. The summed E-state index contributed by atoms with van der Waals surface area (Å²) in [6.45, 7) is 7.04. The van der Waals surface area contributed by atoms with Crippen LogP contribution >= 0.6 is 11.3 Å². The third-order valence-corrected chi connectivity index (χ3v) is 4.15. The van der Waals surface area contributed by atoms with Crippen LogP contribution in [-0.4, -0.2) is 17.2 Å². The first-order valence-electron chi connectivity index (χ1n) is 5.39. The molecule has 3 nitrogen and oxygen atoms in total. The first-order valence-corrected chi connectivity index (χ1v) is 6.21. The maximum Gasteiger partial charge on any atom is 0.489 e. The van der Waals surface area contributed by atoms with Crippen molar-refractivity contribution >= 4 is 49.8 Å². The van der Waals surface area contributed by atoms with Crippen LogP contribution < -0.4 is 5.46 Å². The van der Waals surface area contributed by atoms with Crippen LogP contribution in [0.1, 0.15) is 0 Å². The first-order chi connectivity index (χ1) is 8.70. The van der Waals surface area contributed by atoms with E-state index in [4.69, 9.17) is 6.57 Å². The van der Waals surface area contributed by atoms with E-state index in [1.807, 2.05) is 18.2 Å². The van der Waals surface area contributed by atoms with Crippen LogP contribution in [-0.2, 0) is 0 Å². The Bertz CT molecular complexity index is 789. The molecule has 18 heavy (non-hydrogen) atoms. The standard InChI is InChI=1S/C13H8BNO2S/c1-15-8-5-6-12-10(7-8)9-3-2-4-11(14(16)17)13(9)18-12/h2-7,16-17H. The average molecular weight is 253 g/mol. The number of rotatable bonds is 1. The molecule has 1 aromatic heterocycles. The zero-order valence-electron chi connectivity index (χ0n) is 9.29. The minimum absolute atomic E-state index is 0.512. The molecule has 0 aliphatic carbocycles. The summed E-state index contributed by atoms with van der Waals surface area (Å²) >= 11 is 1.51. The van der Waals surface area contributed by atoms with Crippen molar-refractivity contribution in [3.05, 3.63) is 47.8 Å². The molecule has 0 radical (unpaired) electrons. The molecule has 3 aromatic rings. The van der Waals surface area contributed by atoms with Crippen molar-refractivity contribution < 1.29 is 10.0 Å². The molecule has 2 aromatic carbocycles. The fourth-order valence-corrected chi connectivity index (χ4v) is 3.30. The van der Waals surface area contributed by atoms with Gasteiger partial charge in [-0.2, -0.15) is 0 Å². The van der Waals surface area contributed by atoms with Crippen LogP contribution in [0.3, 0.4) is 0 Å². The molecule has 2 N–H and O–H groups in total. The number of hydrogen-bond donors (Lipinski definition) is 2. The summed E-state index contributed by atoms with van der Waals surface area (Å²) in [5, 5.41) is 20.7. The van der Waals surface area contributed by atoms with Crippen LogP contribution in [0.4, 0.5) is 5.69 Å². The third-order valence-electron chi connectivity index (χ3n) is 2.92. The predicted molar refractivity (Wildman–Crippen MR) is 75.4 cm³/mol. The summed E-state index contributed by atoms with van der Waals surface area (Å²) in [5.41, 5.74) is 1.11. The number of fused-ring (bicyclic) bond motifs is 3. The summed E-state index contributed by atoms with van der Waals surface area (Å²) in [4.78, 5) is 3.42. The second kappa shape index (κ2) is 4.11. The third kappa shape index (κ3) is 1.59. The molecule has 0 atom stereocenters. The van der Waals surface area contributed by atoms with Crippen molar-refractivity contribution in [2.75, 3.05) is 0 Å². The van der Waals surface area contributed by atoms with E-state index < -0.39 is 7.12 Å². The van der Waals surface area contributed by atoms with Gasteiger partial charge >= 0.3 is 7.12 Å². The van der Waals surface area contributed by atoms with E-state index in [2.05, 4.69) is 4.85 Å². The lowest BCUT2D eigenvalue weighted by molar-refractivity contribution is 0.426. The van der Waals surface area contributed by atoms with Crippen molar-refractivity contribution in [1.29, 1.82) is 0 Å². The van der Waals surface area contributed by atoms with Gasteiger partial charge in [0.15, 0.2) is 5.69 Å². The largest absolute Gasteiger partial charge is 0.489 e. The van der Waals surface area contributed by atoms with Crippen molar-refractivity contribution in [3.8, 4) is 0 Å². The van der Waals surface area contributed by atoms with Gasteiger partial charge in [-0.05, 0) is 22.3 Å². The SMILES string of the molecule is [C-]#[N+]c1ccc2sc3c(B(O)O)cccc3c2c1. The van der Waals surface area contributed by atoms with Gasteiger partial charge in [-0.1, -0.05) is 30.3 Å². The Labute approximate surface area is 108 Å². The number of thiophene rings is 1. The van der Waals surface area contributed by atoms with E-state index in [-0.39, 0.29) is 0 Å². The summed E-state index contributed by atoms with van der Waals surface area (Å²) in [5.74, 6) is 0. The Morgan fingerprint density at radius 3 is 2.67 bits per heavy atom. The number of benzene rings is 2. The van der Waals surface area contributed by atoms with Gasteiger partial charge in [0, 0.05) is 9.40 Å². The van der Waals surface area contributed by atoms with Crippen LogP contribution in [0.25, 0.3) is 25.0 Å². The highest BCUT2D eigenvalue weighted by molar-refractivity contribution is 7.27. The van der Waals surface area contributed by atoms with E-state index in [9.17, 15) is 10.0 Å². The normalized spacial score (nSPS) is 10.7. The molecule has 0 saturated heterocycles. The Kier molecular flexibility index (Phi) is 2.56. The molecular formula is C13H8BNO2S. The summed E-state index contributed by atoms with van der Waals surface area (Å²) in [7, 11) is -1.47.